The molecule has 3 aromatic carbocycles. The number of Topliss-reactive ketones (excluding diaryl/α,β-unsaturated/α-hetero) is 1. The number of hydrogen-bond acceptors (Lipinski definition) is 2. The van der Waals surface area contributed by atoms with Gasteiger partial charge in [0.05, 0.1) is 0 Å². The Labute approximate surface area is 177 Å². The highest BCUT2D eigenvalue weighted by Crippen LogP contribution is 2.25. The van der Waals surface area contributed by atoms with Crippen molar-refractivity contribution < 1.29 is 4.79 Å². The minimum Gasteiger partial charge on any atom is -0.298 e. The lowest BCUT2D eigenvalue weighted by Gasteiger charge is -2.18. The van der Waals surface area contributed by atoms with E-state index in [0.29, 0.717) is 22.7 Å². The number of benzene rings is 3. The molecular formula is C26H24ClNO. The first-order chi connectivity index (χ1) is 14.0. The van der Waals surface area contributed by atoms with Crippen LogP contribution < -0.4 is 0 Å². The second kappa shape index (κ2) is 10.0. The zero-order valence-electron chi connectivity index (χ0n) is 16.5. The normalized spacial score (nSPS) is 11.5. The molecule has 0 heterocycles. The van der Waals surface area contributed by atoms with Crippen LogP contribution in [0.1, 0.15) is 16.7 Å². The minimum atomic E-state index is -0.0731. The van der Waals surface area contributed by atoms with E-state index in [4.69, 9.17) is 11.6 Å². The lowest BCUT2D eigenvalue weighted by Crippen LogP contribution is -2.23. The molecule has 2 nitrogen and oxygen atoms in total. The lowest BCUT2D eigenvalue weighted by molar-refractivity contribution is -0.110. The maximum atomic E-state index is 13.3. The van der Waals surface area contributed by atoms with Gasteiger partial charge in [0, 0.05) is 29.3 Å². The number of allylic oxidation sites excluding steroid dienone is 1. The van der Waals surface area contributed by atoms with Crippen molar-refractivity contribution in [2.45, 2.75) is 6.54 Å². The first-order valence-corrected chi connectivity index (χ1v) is 9.89. The minimum absolute atomic E-state index is 0.0731. The quantitative estimate of drug-likeness (QED) is 0.334. The Bertz CT molecular complexity index is 1010. The highest BCUT2D eigenvalue weighted by Gasteiger charge is 2.17. The Morgan fingerprint density at radius 2 is 1.52 bits per heavy atom. The molecule has 3 heteroatoms. The van der Waals surface area contributed by atoms with Crippen molar-refractivity contribution in [2.75, 3.05) is 13.6 Å². The molecule has 0 fully saturated rings. The van der Waals surface area contributed by atoms with Gasteiger partial charge in [-0.15, -0.1) is 0 Å². The fraction of sp³-hybridized carbons (Fsp3) is 0.115. The zero-order chi connectivity index (χ0) is 20.6. The summed E-state index contributed by atoms with van der Waals surface area (Å²) in [6, 6.07) is 27.3. The second-order valence-electron chi connectivity index (χ2n) is 7.04. The number of ketones is 1. The van der Waals surface area contributed by atoms with E-state index in [2.05, 4.69) is 23.6 Å². The molecule has 0 aliphatic carbocycles. The molecule has 0 unspecified atom stereocenters. The first kappa shape index (κ1) is 20.8. The fourth-order valence-electron chi connectivity index (χ4n) is 3.18. The molecular weight excluding hydrogens is 378 g/mol. The molecule has 3 rings (SSSR count). The number of likely N-dealkylation sites (N-methyl/N-ethyl adjacent to an activating group) is 1. The lowest BCUT2D eigenvalue weighted by atomic mass is 9.95. The summed E-state index contributed by atoms with van der Waals surface area (Å²) in [6.45, 7) is 5.32. The van der Waals surface area contributed by atoms with E-state index in [1.807, 2.05) is 85.9 Å². The second-order valence-corrected chi connectivity index (χ2v) is 7.44. The van der Waals surface area contributed by atoms with Crippen molar-refractivity contribution in [3.05, 3.63) is 119 Å². The predicted octanol–water partition coefficient (Wildman–Crippen LogP) is 6.14. The summed E-state index contributed by atoms with van der Waals surface area (Å²) >= 11 is 6.33. The third-order valence-electron chi connectivity index (χ3n) is 4.61. The van der Waals surface area contributed by atoms with E-state index in [-0.39, 0.29) is 5.78 Å². The van der Waals surface area contributed by atoms with Crippen LogP contribution in [0.15, 0.2) is 97.1 Å². The van der Waals surface area contributed by atoms with Gasteiger partial charge in [-0.3, -0.25) is 9.69 Å². The van der Waals surface area contributed by atoms with Crippen LogP contribution in [0.2, 0.25) is 5.02 Å². The first-order valence-electron chi connectivity index (χ1n) is 9.51. The molecule has 0 radical (unpaired) electrons. The summed E-state index contributed by atoms with van der Waals surface area (Å²) in [4.78, 5) is 15.4. The van der Waals surface area contributed by atoms with Crippen LogP contribution in [0.25, 0.3) is 11.6 Å². The van der Waals surface area contributed by atoms with E-state index >= 15 is 0 Å². The molecule has 0 aliphatic rings. The van der Waals surface area contributed by atoms with Crippen molar-refractivity contribution in [3.63, 3.8) is 0 Å². The maximum absolute atomic E-state index is 13.3. The van der Waals surface area contributed by atoms with Crippen LogP contribution in [0.4, 0.5) is 0 Å². The maximum Gasteiger partial charge on any atom is 0.190 e. The summed E-state index contributed by atoms with van der Waals surface area (Å²) in [5.74, 6) is -0.0731. The molecule has 29 heavy (non-hydrogen) atoms. The van der Waals surface area contributed by atoms with Gasteiger partial charge >= 0.3 is 0 Å². The van der Waals surface area contributed by atoms with Gasteiger partial charge in [-0.2, -0.15) is 0 Å². The molecule has 0 saturated heterocycles. The Balaban J connectivity index is 1.83. The molecule has 0 N–H and O–H groups in total. The van der Waals surface area contributed by atoms with Gasteiger partial charge in [0.25, 0.3) is 0 Å². The fourth-order valence-corrected chi connectivity index (χ4v) is 3.37. The summed E-state index contributed by atoms with van der Waals surface area (Å²) < 4.78 is 0. The summed E-state index contributed by atoms with van der Waals surface area (Å²) in [6.07, 6.45) is 1.85. The summed E-state index contributed by atoms with van der Waals surface area (Å²) in [5, 5.41) is 0.612. The Hall–Kier alpha value is -2.94. The topological polar surface area (TPSA) is 20.3 Å². The number of halogens is 1. The van der Waals surface area contributed by atoms with Crippen molar-refractivity contribution in [1.29, 1.82) is 0 Å². The smallest absolute Gasteiger partial charge is 0.190 e. The Kier molecular flexibility index (Phi) is 7.18. The molecule has 0 aromatic heterocycles. The van der Waals surface area contributed by atoms with Crippen LogP contribution in [0.3, 0.4) is 0 Å². The molecule has 0 saturated carbocycles. The summed E-state index contributed by atoms with van der Waals surface area (Å²) in [7, 11) is 1.99. The van der Waals surface area contributed by atoms with Gasteiger partial charge in [0.15, 0.2) is 5.78 Å². The van der Waals surface area contributed by atoms with Gasteiger partial charge < -0.3 is 0 Å². The SMILES string of the molecule is C=C(CN(C)Cc1ccccc1)C(=O)/C(=C/c1ccccc1Cl)c1ccccc1. The van der Waals surface area contributed by atoms with Crippen molar-refractivity contribution in [3.8, 4) is 0 Å². The molecule has 3 aromatic rings. The van der Waals surface area contributed by atoms with E-state index in [9.17, 15) is 4.79 Å². The highest BCUT2D eigenvalue weighted by molar-refractivity contribution is 6.35. The van der Waals surface area contributed by atoms with Crippen LogP contribution in [0.5, 0.6) is 0 Å². The average molecular weight is 402 g/mol. The molecule has 146 valence electrons. The number of carbonyl (C=O) groups excluding carboxylic acids is 1. The van der Waals surface area contributed by atoms with E-state index in [1.165, 1.54) is 5.56 Å². The van der Waals surface area contributed by atoms with Gasteiger partial charge in [0.2, 0.25) is 0 Å². The van der Waals surface area contributed by atoms with Crippen LogP contribution in [-0.2, 0) is 11.3 Å². The van der Waals surface area contributed by atoms with Gasteiger partial charge in [-0.05, 0) is 35.9 Å². The number of nitrogens with zero attached hydrogens (tertiary/aromatic N) is 1. The van der Waals surface area contributed by atoms with Crippen LogP contribution >= 0.6 is 11.6 Å². The van der Waals surface area contributed by atoms with E-state index < -0.39 is 0 Å². The van der Waals surface area contributed by atoms with Crippen molar-refractivity contribution in [1.82, 2.24) is 4.90 Å². The third-order valence-corrected chi connectivity index (χ3v) is 4.96. The molecule has 0 bridgehead atoms. The number of carbonyl (C=O) groups is 1. The van der Waals surface area contributed by atoms with Crippen molar-refractivity contribution in [2.24, 2.45) is 0 Å². The monoisotopic (exact) mass is 401 g/mol. The van der Waals surface area contributed by atoms with Crippen LogP contribution in [-0.4, -0.2) is 24.3 Å². The van der Waals surface area contributed by atoms with Crippen molar-refractivity contribution >= 4 is 29.0 Å². The largest absolute Gasteiger partial charge is 0.298 e. The average Bonchev–Trinajstić information content (AvgIpc) is 2.74. The molecule has 0 atom stereocenters. The standard InChI is InChI=1S/C26H24ClNO/c1-20(18-28(2)19-21-11-5-3-6-12-21)26(29)24(22-13-7-4-8-14-22)17-23-15-9-10-16-25(23)27/h3-17H,1,18-19H2,2H3/b24-17+. The third kappa shape index (κ3) is 5.77. The number of hydrogen-bond donors (Lipinski definition) is 0. The molecule has 0 spiro atoms. The zero-order valence-corrected chi connectivity index (χ0v) is 17.3. The molecule has 0 amide bonds. The van der Waals surface area contributed by atoms with Gasteiger partial charge in [-0.1, -0.05) is 97.0 Å². The van der Waals surface area contributed by atoms with E-state index in [1.54, 1.807) is 0 Å². The van der Waals surface area contributed by atoms with Crippen LogP contribution in [0, 0.1) is 0 Å². The molecule has 0 aliphatic heterocycles. The Morgan fingerprint density at radius 1 is 0.931 bits per heavy atom. The summed E-state index contributed by atoms with van der Waals surface area (Å²) in [5.41, 5.74) is 4.00. The Morgan fingerprint density at radius 3 is 2.17 bits per heavy atom. The van der Waals surface area contributed by atoms with Gasteiger partial charge in [-0.25, -0.2) is 0 Å². The predicted molar refractivity (Wildman–Crippen MR) is 123 cm³/mol. The highest BCUT2D eigenvalue weighted by atomic mass is 35.5. The van der Waals surface area contributed by atoms with E-state index in [0.717, 1.165) is 17.7 Å². The number of rotatable bonds is 8. The van der Waals surface area contributed by atoms with Gasteiger partial charge in [0.1, 0.15) is 0 Å².